The minimum Gasteiger partial charge on any atom is -0.395 e. The van der Waals surface area contributed by atoms with Crippen molar-refractivity contribution in [2.45, 2.75) is 13.8 Å². The number of piperazine rings is 2. The van der Waals surface area contributed by atoms with Crippen LogP contribution in [0.5, 0.6) is 0 Å². The third-order valence-corrected chi connectivity index (χ3v) is 6.11. The van der Waals surface area contributed by atoms with E-state index in [4.69, 9.17) is 5.11 Å². The summed E-state index contributed by atoms with van der Waals surface area (Å²) in [6.07, 6.45) is 0. The quantitative estimate of drug-likeness (QED) is 0.731. The molecule has 2 aromatic rings. The normalized spacial score (nSPS) is 17.5. The fourth-order valence-electron chi connectivity index (χ4n) is 4.39. The summed E-state index contributed by atoms with van der Waals surface area (Å²) < 4.78 is 0. The smallest absolute Gasteiger partial charge is 0.321 e. The molecule has 2 aliphatic heterocycles. The molecular formula is C23H33N7O2. The van der Waals surface area contributed by atoms with Crippen molar-refractivity contribution in [3.05, 3.63) is 41.5 Å². The number of nitrogens with zero attached hydrogens (tertiary/aromatic N) is 6. The summed E-state index contributed by atoms with van der Waals surface area (Å²) in [4.78, 5) is 21.2. The van der Waals surface area contributed by atoms with Crippen LogP contribution in [0.1, 0.15) is 11.1 Å². The Hall–Kier alpha value is -2.91. The van der Waals surface area contributed by atoms with Crippen LogP contribution >= 0.6 is 0 Å². The van der Waals surface area contributed by atoms with Crippen LogP contribution < -0.4 is 15.1 Å². The Morgan fingerprint density at radius 3 is 1.91 bits per heavy atom. The van der Waals surface area contributed by atoms with Gasteiger partial charge in [0.1, 0.15) is 0 Å². The number of nitrogens with one attached hydrogen (secondary N) is 1. The molecule has 172 valence electrons. The first-order valence-electron chi connectivity index (χ1n) is 11.3. The van der Waals surface area contributed by atoms with E-state index in [-0.39, 0.29) is 12.6 Å². The van der Waals surface area contributed by atoms with Crippen LogP contribution in [0.2, 0.25) is 0 Å². The van der Waals surface area contributed by atoms with Crippen LogP contribution in [0.15, 0.2) is 30.3 Å². The molecule has 2 fully saturated rings. The van der Waals surface area contributed by atoms with Crippen LogP contribution in [0, 0.1) is 13.8 Å². The second-order valence-electron chi connectivity index (χ2n) is 8.58. The Morgan fingerprint density at radius 2 is 1.41 bits per heavy atom. The fourth-order valence-corrected chi connectivity index (χ4v) is 4.39. The highest BCUT2D eigenvalue weighted by atomic mass is 16.3. The number of carbonyl (C=O) groups excluding carboxylic acids is 1. The van der Waals surface area contributed by atoms with Gasteiger partial charge in [-0.3, -0.25) is 4.90 Å². The first kappa shape index (κ1) is 22.3. The van der Waals surface area contributed by atoms with Crippen LogP contribution in [0.25, 0.3) is 0 Å². The summed E-state index contributed by atoms with van der Waals surface area (Å²) in [5.41, 5.74) is 3.12. The molecule has 3 heterocycles. The van der Waals surface area contributed by atoms with Gasteiger partial charge in [-0.2, -0.15) is 0 Å². The Labute approximate surface area is 189 Å². The van der Waals surface area contributed by atoms with E-state index in [9.17, 15) is 4.79 Å². The molecule has 1 aromatic carbocycles. The number of rotatable bonds is 5. The molecule has 2 amide bonds. The lowest BCUT2D eigenvalue weighted by Gasteiger charge is -2.36. The number of anilines is 3. The van der Waals surface area contributed by atoms with Gasteiger partial charge in [0.25, 0.3) is 0 Å². The van der Waals surface area contributed by atoms with Crippen molar-refractivity contribution in [3.63, 3.8) is 0 Å². The highest BCUT2D eigenvalue weighted by Crippen LogP contribution is 2.19. The summed E-state index contributed by atoms with van der Waals surface area (Å²) in [6.45, 7) is 11.4. The summed E-state index contributed by atoms with van der Waals surface area (Å²) >= 11 is 0. The molecule has 0 radical (unpaired) electrons. The fraction of sp³-hybridized carbons (Fsp3) is 0.522. The Morgan fingerprint density at radius 1 is 0.875 bits per heavy atom. The van der Waals surface area contributed by atoms with E-state index in [0.29, 0.717) is 13.1 Å². The third-order valence-electron chi connectivity index (χ3n) is 6.11. The van der Waals surface area contributed by atoms with Crippen LogP contribution in [-0.4, -0.2) is 96.6 Å². The molecule has 1 aromatic heterocycles. The zero-order valence-corrected chi connectivity index (χ0v) is 19.0. The number of aliphatic hydroxyl groups is 1. The average Bonchev–Trinajstić information content (AvgIpc) is 2.79. The minimum absolute atomic E-state index is 0.0589. The maximum absolute atomic E-state index is 12.7. The van der Waals surface area contributed by atoms with Crippen molar-refractivity contribution < 1.29 is 9.90 Å². The number of urea groups is 1. The van der Waals surface area contributed by atoms with Gasteiger partial charge in [-0.05, 0) is 49.2 Å². The largest absolute Gasteiger partial charge is 0.395 e. The number of hydrogen-bond donors (Lipinski definition) is 2. The van der Waals surface area contributed by atoms with Gasteiger partial charge in [-0.25, -0.2) is 4.79 Å². The number of aromatic nitrogens is 2. The monoisotopic (exact) mass is 439 g/mol. The highest BCUT2D eigenvalue weighted by molar-refractivity contribution is 5.89. The molecule has 0 spiro atoms. The van der Waals surface area contributed by atoms with Crippen molar-refractivity contribution in [1.29, 1.82) is 0 Å². The van der Waals surface area contributed by atoms with Gasteiger partial charge in [-0.1, -0.05) is 6.07 Å². The molecular weight excluding hydrogens is 406 g/mol. The van der Waals surface area contributed by atoms with E-state index in [2.05, 4.69) is 36.3 Å². The van der Waals surface area contributed by atoms with E-state index < -0.39 is 0 Å². The lowest BCUT2D eigenvalue weighted by atomic mass is 10.1. The summed E-state index contributed by atoms with van der Waals surface area (Å²) in [6, 6.07) is 10.1. The summed E-state index contributed by atoms with van der Waals surface area (Å²) in [7, 11) is 0. The van der Waals surface area contributed by atoms with Crippen molar-refractivity contribution in [2.75, 3.05) is 80.6 Å². The van der Waals surface area contributed by atoms with Crippen molar-refractivity contribution in [1.82, 2.24) is 20.0 Å². The van der Waals surface area contributed by atoms with Gasteiger partial charge in [0.2, 0.25) is 0 Å². The molecule has 0 atom stereocenters. The van der Waals surface area contributed by atoms with E-state index in [1.54, 1.807) is 0 Å². The zero-order chi connectivity index (χ0) is 22.5. The number of benzene rings is 1. The lowest BCUT2D eigenvalue weighted by molar-refractivity contribution is 0.188. The SMILES string of the molecule is Cc1cc(C)cc(NC(=O)N2CCN(c3ccc(N4CCN(CCO)CC4)nn3)CC2)c1. The van der Waals surface area contributed by atoms with Crippen molar-refractivity contribution >= 4 is 23.4 Å². The van der Waals surface area contributed by atoms with Gasteiger partial charge >= 0.3 is 6.03 Å². The maximum Gasteiger partial charge on any atom is 0.321 e. The predicted molar refractivity (Wildman–Crippen MR) is 126 cm³/mol. The highest BCUT2D eigenvalue weighted by Gasteiger charge is 2.23. The second kappa shape index (κ2) is 10.1. The maximum atomic E-state index is 12.7. The molecule has 2 aliphatic rings. The summed E-state index contributed by atoms with van der Waals surface area (Å²) in [5, 5.41) is 21.0. The Bertz CT molecular complexity index is 885. The summed E-state index contributed by atoms with van der Waals surface area (Å²) in [5.74, 6) is 1.74. The Balaban J connectivity index is 1.27. The molecule has 4 rings (SSSR count). The molecule has 0 aliphatic carbocycles. The van der Waals surface area contributed by atoms with E-state index in [1.165, 1.54) is 0 Å². The number of aliphatic hydroxyl groups excluding tert-OH is 1. The van der Waals surface area contributed by atoms with Crippen molar-refractivity contribution in [3.8, 4) is 0 Å². The molecule has 9 nitrogen and oxygen atoms in total. The molecule has 2 N–H and O–H groups in total. The molecule has 2 saturated heterocycles. The van der Waals surface area contributed by atoms with Crippen LogP contribution in [0.3, 0.4) is 0 Å². The van der Waals surface area contributed by atoms with Crippen molar-refractivity contribution in [2.24, 2.45) is 0 Å². The van der Waals surface area contributed by atoms with E-state index in [1.807, 2.05) is 43.0 Å². The number of carbonyl (C=O) groups is 1. The Kier molecular flexibility index (Phi) is 7.06. The first-order chi connectivity index (χ1) is 15.5. The molecule has 0 saturated carbocycles. The van der Waals surface area contributed by atoms with E-state index >= 15 is 0 Å². The van der Waals surface area contributed by atoms with Gasteiger partial charge in [0.05, 0.1) is 6.61 Å². The third kappa shape index (κ3) is 5.46. The first-order valence-corrected chi connectivity index (χ1v) is 11.3. The predicted octanol–water partition coefficient (Wildman–Crippen LogP) is 1.56. The van der Waals surface area contributed by atoms with Gasteiger partial charge in [0.15, 0.2) is 11.6 Å². The minimum atomic E-state index is -0.0589. The topological polar surface area (TPSA) is 88.1 Å². The average molecular weight is 440 g/mol. The molecule has 0 bridgehead atoms. The zero-order valence-electron chi connectivity index (χ0n) is 19.0. The second-order valence-corrected chi connectivity index (χ2v) is 8.58. The molecule has 9 heteroatoms. The van der Waals surface area contributed by atoms with Crippen LogP contribution in [0.4, 0.5) is 22.1 Å². The number of β-amino-alcohol motifs (C(OH)–C–C–N with tert-alkyl or cyclic N) is 1. The standard InChI is InChI=1S/C23H33N7O2/c1-18-15-19(2)17-20(16-18)24-23(32)30-11-9-29(10-12-30)22-4-3-21(25-26-22)28-7-5-27(6-8-28)13-14-31/h3-4,15-17,31H,5-14H2,1-2H3,(H,24,32). The van der Waals surface area contributed by atoms with Crippen LogP contribution in [-0.2, 0) is 0 Å². The van der Waals surface area contributed by atoms with E-state index in [0.717, 1.165) is 74.3 Å². The number of hydrogen-bond acceptors (Lipinski definition) is 7. The molecule has 32 heavy (non-hydrogen) atoms. The molecule has 0 unspecified atom stereocenters. The van der Waals surface area contributed by atoms with Gasteiger partial charge < -0.3 is 25.1 Å². The lowest BCUT2D eigenvalue weighted by Crippen LogP contribution is -2.50. The van der Waals surface area contributed by atoms with Gasteiger partial charge in [-0.15, -0.1) is 10.2 Å². The number of aryl methyl sites for hydroxylation is 2. The number of amides is 2. The van der Waals surface area contributed by atoms with Gasteiger partial charge in [0, 0.05) is 64.6 Å².